The van der Waals surface area contributed by atoms with Gasteiger partial charge in [-0.3, -0.25) is 4.79 Å². The average Bonchev–Trinajstić information content (AvgIpc) is 3.21. The zero-order valence-corrected chi connectivity index (χ0v) is 10.6. The highest BCUT2D eigenvalue weighted by molar-refractivity contribution is 5.85. The van der Waals surface area contributed by atoms with Gasteiger partial charge in [-0.15, -0.1) is 0 Å². The summed E-state index contributed by atoms with van der Waals surface area (Å²) in [7, 11) is 0. The van der Waals surface area contributed by atoms with Gasteiger partial charge in [0.05, 0.1) is 6.54 Å². The summed E-state index contributed by atoms with van der Waals surface area (Å²) in [5.41, 5.74) is 0.575. The van der Waals surface area contributed by atoms with Crippen molar-refractivity contribution in [2.45, 2.75) is 18.9 Å². The number of carbonyl (C=O) groups excluding carboxylic acids is 1. The number of amides is 1. The molecule has 1 amide bonds. The van der Waals surface area contributed by atoms with Crippen LogP contribution in [0.3, 0.4) is 0 Å². The number of carboxylic acid groups (broad SMARTS) is 1. The SMILES string of the molecule is O=C(CNCC1CC1)N[C@H](C(=O)O)c1ccccc1. The maximum absolute atomic E-state index is 11.7. The summed E-state index contributed by atoms with van der Waals surface area (Å²) in [6.45, 7) is 0.990. The first kappa shape index (κ1) is 13.5. The molecule has 1 fully saturated rings. The van der Waals surface area contributed by atoms with Gasteiger partial charge in [-0.25, -0.2) is 4.79 Å². The third-order valence-corrected chi connectivity index (χ3v) is 3.10. The molecule has 0 heterocycles. The van der Waals surface area contributed by atoms with Crippen LogP contribution in [0.15, 0.2) is 30.3 Å². The van der Waals surface area contributed by atoms with E-state index in [9.17, 15) is 9.59 Å². The minimum Gasteiger partial charge on any atom is -0.479 e. The summed E-state index contributed by atoms with van der Waals surface area (Å²) in [4.78, 5) is 22.9. The number of hydrogen-bond donors (Lipinski definition) is 3. The van der Waals surface area contributed by atoms with E-state index in [2.05, 4.69) is 10.6 Å². The summed E-state index contributed by atoms with van der Waals surface area (Å²) in [5, 5.41) is 14.7. The molecule has 1 aliphatic rings. The molecule has 0 aromatic heterocycles. The zero-order valence-electron chi connectivity index (χ0n) is 10.6. The molecule has 5 heteroatoms. The maximum Gasteiger partial charge on any atom is 0.330 e. The first-order chi connectivity index (χ1) is 9.16. The molecule has 0 aliphatic heterocycles. The fourth-order valence-electron chi connectivity index (χ4n) is 1.86. The smallest absolute Gasteiger partial charge is 0.330 e. The summed E-state index contributed by atoms with van der Waals surface area (Å²) in [5.74, 6) is -0.657. The van der Waals surface area contributed by atoms with E-state index in [4.69, 9.17) is 5.11 Å². The molecule has 1 atom stereocenters. The third-order valence-electron chi connectivity index (χ3n) is 3.10. The quantitative estimate of drug-likeness (QED) is 0.683. The summed E-state index contributed by atoms with van der Waals surface area (Å²) >= 11 is 0. The van der Waals surface area contributed by atoms with E-state index >= 15 is 0 Å². The van der Waals surface area contributed by atoms with Crippen molar-refractivity contribution in [1.82, 2.24) is 10.6 Å². The first-order valence-corrected chi connectivity index (χ1v) is 6.44. The monoisotopic (exact) mass is 262 g/mol. The van der Waals surface area contributed by atoms with Crippen molar-refractivity contribution < 1.29 is 14.7 Å². The fraction of sp³-hybridized carbons (Fsp3) is 0.429. The van der Waals surface area contributed by atoms with Crippen molar-refractivity contribution in [2.24, 2.45) is 5.92 Å². The van der Waals surface area contributed by atoms with E-state index in [1.165, 1.54) is 12.8 Å². The van der Waals surface area contributed by atoms with Crippen LogP contribution in [0.4, 0.5) is 0 Å². The van der Waals surface area contributed by atoms with E-state index in [-0.39, 0.29) is 12.5 Å². The molecule has 19 heavy (non-hydrogen) atoms. The van der Waals surface area contributed by atoms with Crippen LogP contribution in [-0.4, -0.2) is 30.1 Å². The number of nitrogens with one attached hydrogen (secondary N) is 2. The lowest BCUT2D eigenvalue weighted by atomic mass is 10.1. The van der Waals surface area contributed by atoms with Gasteiger partial charge in [0, 0.05) is 0 Å². The Balaban J connectivity index is 1.85. The Bertz CT molecular complexity index is 443. The number of carbonyl (C=O) groups is 2. The Hall–Kier alpha value is -1.88. The lowest BCUT2D eigenvalue weighted by Gasteiger charge is -2.15. The van der Waals surface area contributed by atoms with Crippen LogP contribution in [0.5, 0.6) is 0 Å². The van der Waals surface area contributed by atoms with Gasteiger partial charge in [-0.1, -0.05) is 30.3 Å². The molecule has 0 unspecified atom stereocenters. The standard InChI is InChI=1S/C14H18N2O3/c17-12(9-15-8-10-6-7-10)16-13(14(18)19)11-4-2-1-3-5-11/h1-5,10,13,15H,6-9H2,(H,16,17)(H,18,19)/t13-/m0/s1. The summed E-state index contributed by atoms with van der Waals surface area (Å²) in [6, 6.07) is 7.71. The van der Waals surface area contributed by atoms with Gasteiger partial charge < -0.3 is 15.7 Å². The van der Waals surface area contributed by atoms with Crippen LogP contribution in [0.1, 0.15) is 24.4 Å². The highest BCUT2D eigenvalue weighted by Crippen LogP contribution is 2.27. The van der Waals surface area contributed by atoms with Crippen molar-refractivity contribution in [3.05, 3.63) is 35.9 Å². The fourth-order valence-corrected chi connectivity index (χ4v) is 1.86. The second kappa shape index (κ2) is 6.33. The Kier molecular flexibility index (Phi) is 4.52. The molecule has 0 bridgehead atoms. The van der Waals surface area contributed by atoms with Gasteiger partial charge in [-0.05, 0) is 30.9 Å². The Morgan fingerprint density at radius 2 is 1.95 bits per heavy atom. The number of benzene rings is 1. The second-order valence-electron chi connectivity index (χ2n) is 4.82. The van der Waals surface area contributed by atoms with Gasteiger partial charge in [0.25, 0.3) is 0 Å². The number of rotatable bonds is 7. The largest absolute Gasteiger partial charge is 0.479 e. The van der Waals surface area contributed by atoms with E-state index < -0.39 is 12.0 Å². The van der Waals surface area contributed by atoms with Crippen molar-refractivity contribution in [3.63, 3.8) is 0 Å². The van der Waals surface area contributed by atoms with Crippen LogP contribution in [0.2, 0.25) is 0 Å². The Morgan fingerprint density at radius 3 is 2.53 bits per heavy atom. The van der Waals surface area contributed by atoms with Gasteiger partial charge in [-0.2, -0.15) is 0 Å². The molecule has 3 N–H and O–H groups in total. The molecule has 1 aromatic carbocycles. The highest BCUT2D eigenvalue weighted by atomic mass is 16.4. The molecule has 0 saturated heterocycles. The normalized spacial score (nSPS) is 15.8. The molecule has 0 radical (unpaired) electrons. The Labute approximate surface area is 112 Å². The lowest BCUT2D eigenvalue weighted by molar-refractivity contribution is -0.141. The third kappa shape index (κ3) is 4.37. The summed E-state index contributed by atoms with van der Waals surface area (Å²) in [6.07, 6.45) is 2.44. The van der Waals surface area contributed by atoms with Crippen molar-refractivity contribution >= 4 is 11.9 Å². The van der Waals surface area contributed by atoms with Crippen molar-refractivity contribution in [3.8, 4) is 0 Å². The molecule has 0 spiro atoms. The topological polar surface area (TPSA) is 78.4 Å². The second-order valence-corrected chi connectivity index (χ2v) is 4.82. The van der Waals surface area contributed by atoms with E-state index in [0.29, 0.717) is 11.5 Å². The predicted octanol–water partition coefficient (Wildman–Crippen LogP) is 0.928. The first-order valence-electron chi connectivity index (χ1n) is 6.44. The number of aliphatic carboxylic acids is 1. The number of hydrogen-bond acceptors (Lipinski definition) is 3. The molecule has 1 saturated carbocycles. The van der Waals surface area contributed by atoms with Crippen molar-refractivity contribution in [1.29, 1.82) is 0 Å². The average molecular weight is 262 g/mol. The predicted molar refractivity (Wildman–Crippen MR) is 70.6 cm³/mol. The molecule has 102 valence electrons. The van der Waals surface area contributed by atoms with Crippen LogP contribution in [0.25, 0.3) is 0 Å². The molecule has 2 rings (SSSR count). The molecular weight excluding hydrogens is 244 g/mol. The Morgan fingerprint density at radius 1 is 1.26 bits per heavy atom. The van der Waals surface area contributed by atoms with E-state index in [0.717, 1.165) is 6.54 Å². The van der Waals surface area contributed by atoms with E-state index in [1.807, 2.05) is 0 Å². The molecule has 1 aromatic rings. The summed E-state index contributed by atoms with van der Waals surface area (Å²) < 4.78 is 0. The molecule has 1 aliphatic carbocycles. The minimum absolute atomic E-state index is 0.160. The molecule has 5 nitrogen and oxygen atoms in total. The van der Waals surface area contributed by atoms with Gasteiger partial charge in [0.15, 0.2) is 6.04 Å². The zero-order chi connectivity index (χ0) is 13.7. The minimum atomic E-state index is -1.05. The van der Waals surface area contributed by atoms with E-state index in [1.54, 1.807) is 30.3 Å². The van der Waals surface area contributed by atoms with Crippen molar-refractivity contribution in [2.75, 3.05) is 13.1 Å². The van der Waals surface area contributed by atoms with Crippen LogP contribution < -0.4 is 10.6 Å². The van der Waals surface area contributed by atoms with Crippen LogP contribution in [0, 0.1) is 5.92 Å². The molecular formula is C14H18N2O3. The van der Waals surface area contributed by atoms with Gasteiger partial charge >= 0.3 is 5.97 Å². The van der Waals surface area contributed by atoms with Gasteiger partial charge in [0.1, 0.15) is 0 Å². The maximum atomic E-state index is 11.7. The number of carboxylic acids is 1. The lowest BCUT2D eigenvalue weighted by Crippen LogP contribution is -2.39. The van der Waals surface area contributed by atoms with Crippen LogP contribution in [-0.2, 0) is 9.59 Å². The van der Waals surface area contributed by atoms with Crippen LogP contribution >= 0.6 is 0 Å². The van der Waals surface area contributed by atoms with Gasteiger partial charge in [0.2, 0.25) is 5.91 Å². The highest BCUT2D eigenvalue weighted by Gasteiger charge is 2.23.